The van der Waals surface area contributed by atoms with Gasteiger partial charge in [0, 0.05) is 32.9 Å². The Bertz CT molecular complexity index is 852. The van der Waals surface area contributed by atoms with E-state index in [4.69, 9.17) is 16.3 Å². The zero-order valence-electron chi connectivity index (χ0n) is 15.0. The molecular formula is C20H21BrClNO3S. The van der Waals surface area contributed by atoms with Gasteiger partial charge < -0.3 is 9.64 Å². The fraction of sp³-hybridized carbons (Fsp3) is 0.400. The highest BCUT2D eigenvalue weighted by Crippen LogP contribution is 2.37. The molecule has 0 bridgehead atoms. The van der Waals surface area contributed by atoms with E-state index >= 15 is 0 Å². The molecule has 0 radical (unpaired) electrons. The molecule has 1 aliphatic heterocycles. The summed E-state index contributed by atoms with van der Waals surface area (Å²) in [5, 5.41) is 2.54. The van der Waals surface area contributed by atoms with Crippen molar-refractivity contribution in [1.82, 2.24) is 4.90 Å². The molecule has 1 heterocycles. The molecule has 1 saturated heterocycles. The second kappa shape index (κ2) is 9.30. The molecule has 2 aromatic carbocycles. The van der Waals surface area contributed by atoms with Gasteiger partial charge in [-0.3, -0.25) is 9.59 Å². The standard InChI is InChI=1S/C20H21BrClNO3S/c1-13-7-9-23(10-8-13)18(24)11-26-19(25)12-27-17-6-5-15(21)14-3-2-4-16(22)20(14)17/h2-6,13H,7-12H2,1H3. The summed E-state index contributed by atoms with van der Waals surface area (Å²) >= 11 is 11.2. The molecule has 4 nitrogen and oxygen atoms in total. The second-order valence-corrected chi connectivity index (χ2v) is 9.00. The van der Waals surface area contributed by atoms with Gasteiger partial charge in [0.05, 0.1) is 5.75 Å². The van der Waals surface area contributed by atoms with Crippen LogP contribution in [0.2, 0.25) is 5.02 Å². The summed E-state index contributed by atoms with van der Waals surface area (Å²) in [4.78, 5) is 26.9. The maximum Gasteiger partial charge on any atom is 0.316 e. The van der Waals surface area contributed by atoms with Crippen molar-refractivity contribution >= 4 is 61.9 Å². The molecular weight excluding hydrogens is 450 g/mol. The Labute approximate surface area is 176 Å². The molecule has 2 aromatic rings. The van der Waals surface area contributed by atoms with Crippen molar-refractivity contribution in [2.45, 2.75) is 24.7 Å². The highest BCUT2D eigenvalue weighted by Gasteiger charge is 2.21. The molecule has 0 N–H and O–H groups in total. The van der Waals surface area contributed by atoms with Gasteiger partial charge in [-0.15, -0.1) is 11.8 Å². The van der Waals surface area contributed by atoms with Crippen molar-refractivity contribution in [1.29, 1.82) is 0 Å². The molecule has 0 atom stereocenters. The first-order valence-electron chi connectivity index (χ1n) is 8.88. The number of hydrogen-bond donors (Lipinski definition) is 0. The van der Waals surface area contributed by atoms with Gasteiger partial charge in [-0.25, -0.2) is 0 Å². The van der Waals surface area contributed by atoms with E-state index in [-0.39, 0.29) is 18.3 Å². The smallest absolute Gasteiger partial charge is 0.316 e. The van der Waals surface area contributed by atoms with Gasteiger partial charge in [0.25, 0.3) is 5.91 Å². The van der Waals surface area contributed by atoms with Crippen LogP contribution in [0.3, 0.4) is 0 Å². The van der Waals surface area contributed by atoms with Crippen molar-refractivity contribution in [3.05, 3.63) is 39.8 Å². The minimum atomic E-state index is -0.401. The molecule has 1 amide bonds. The Morgan fingerprint density at radius 1 is 1.26 bits per heavy atom. The van der Waals surface area contributed by atoms with Crippen LogP contribution < -0.4 is 0 Å². The molecule has 0 aliphatic carbocycles. The molecule has 3 rings (SSSR count). The lowest BCUT2D eigenvalue weighted by atomic mass is 9.99. The van der Waals surface area contributed by atoms with E-state index in [0.29, 0.717) is 10.9 Å². The number of likely N-dealkylation sites (tertiary alicyclic amines) is 1. The number of esters is 1. The molecule has 144 valence electrons. The van der Waals surface area contributed by atoms with Crippen LogP contribution in [0.5, 0.6) is 0 Å². The lowest BCUT2D eigenvalue weighted by molar-refractivity contribution is -0.150. The van der Waals surface area contributed by atoms with Crippen LogP contribution in [0.15, 0.2) is 39.7 Å². The van der Waals surface area contributed by atoms with E-state index < -0.39 is 5.97 Å². The number of fused-ring (bicyclic) bond motifs is 1. The monoisotopic (exact) mass is 469 g/mol. The average molecular weight is 471 g/mol. The molecule has 1 fully saturated rings. The molecule has 0 spiro atoms. The Morgan fingerprint density at radius 2 is 2.00 bits per heavy atom. The predicted octanol–water partition coefficient (Wildman–Crippen LogP) is 5.15. The van der Waals surface area contributed by atoms with Crippen molar-refractivity contribution in [2.24, 2.45) is 5.92 Å². The molecule has 7 heteroatoms. The zero-order chi connectivity index (χ0) is 19.4. The van der Waals surface area contributed by atoms with E-state index in [2.05, 4.69) is 22.9 Å². The summed E-state index contributed by atoms with van der Waals surface area (Å²) in [5.74, 6) is 0.270. The zero-order valence-corrected chi connectivity index (χ0v) is 18.2. The normalized spacial score (nSPS) is 15.1. The Morgan fingerprint density at radius 3 is 2.74 bits per heavy atom. The van der Waals surface area contributed by atoms with Gasteiger partial charge in [0.2, 0.25) is 0 Å². The number of benzene rings is 2. The first-order chi connectivity index (χ1) is 13.0. The highest BCUT2D eigenvalue weighted by molar-refractivity contribution is 9.10. The van der Waals surface area contributed by atoms with Gasteiger partial charge in [-0.1, -0.05) is 46.6 Å². The van der Waals surface area contributed by atoms with Crippen LogP contribution >= 0.6 is 39.3 Å². The Hall–Kier alpha value is -1.24. The van der Waals surface area contributed by atoms with Crippen LogP contribution in [0.1, 0.15) is 19.8 Å². The number of carbonyl (C=O) groups excluding carboxylic acids is 2. The van der Waals surface area contributed by atoms with Crippen LogP contribution in [-0.2, 0) is 14.3 Å². The summed E-state index contributed by atoms with van der Waals surface area (Å²) in [6.07, 6.45) is 2.01. The van der Waals surface area contributed by atoms with Gasteiger partial charge in [-0.05, 0) is 42.3 Å². The Kier molecular flexibility index (Phi) is 7.06. The Balaban J connectivity index is 1.55. The molecule has 1 aliphatic rings. The minimum absolute atomic E-state index is 0.114. The van der Waals surface area contributed by atoms with Crippen molar-refractivity contribution in [3.8, 4) is 0 Å². The van der Waals surface area contributed by atoms with Gasteiger partial charge >= 0.3 is 5.97 Å². The van der Waals surface area contributed by atoms with Gasteiger partial charge in [0.1, 0.15) is 0 Å². The number of amides is 1. The quantitative estimate of drug-likeness (QED) is 0.448. The van der Waals surface area contributed by atoms with E-state index in [9.17, 15) is 9.59 Å². The number of rotatable bonds is 5. The van der Waals surface area contributed by atoms with Crippen molar-refractivity contribution in [3.63, 3.8) is 0 Å². The summed E-state index contributed by atoms with van der Waals surface area (Å²) in [6.45, 7) is 3.50. The maximum atomic E-state index is 12.2. The number of ether oxygens (including phenoxy) is 1. The van der Waals surface area contributed by atoms with Crippen LogP contribution in [-0.4, -0.2) is 42.2 Å². The largest absolute Gasteiger partial charge is 0.455 e. The molecule has 0 aromatic heterocycles. The fourth-order valence-electron chi connectivity index (χ4n) is 3.09. The highest BCUT2D eigenvalue weighted by atomic mass is 79.9. The summed E-state index contributed by atoms with van der Waals surface area (Å²) in [6, 6.07) is 9.57. The number of halogens is 2. The third-order valence-electron chi connectivity index (χ3n) is 4.74. The lowest BCUT2D eigenvalue weighted by Gasteiger charge is -2.30. The molecule has 27 heavy (non-hydrogen) atoms. The van der Waals surface area contributed by atoms with E-state index in [1.165, 1.54) is 11.8 Å². The number of nitrogens with zero attached hydrogens (tertiary/aromatic N) is 1. The number of thioether (sulfide) groups is 1. The van der Waals surface area contributed by atoms with E-state index in [0.717, 1.165) is 46.1 Å². The SMILES string of the molecule is CC1CCN(C(=O)COC(=O)CSc2ccc(Br)c3cccc(Cl)c23)CC1. The average Bonchev–Trinajstić information content (AvgIpc) is 2.66. The van der Waals surface area contributed by atoms with Crippen LogP contribution in [0, 0.1) is 5.92 Å². The number of piperidine rings is 1. The fourth-order valence-corrected chi connectivity index (χ4v) is 4.77. The number of hydrogen-bond acceptors (Lipinski definition) is 4. The lowest BCUT2D eigenvalue weighted by Crippen LogP contribution is -2.40. The maximum absolute atomic E-state index is 12.2. The van der Waals surface area contributed by atoms with E-state index in [1.54, 1.807) is 4.90 Å². The van der Waals surface area contributed by atoms with Crippen LogP contribution in [0.4, 0.5) is 0 Å². The minimum Gasteiger partial charge on any atom is -0.455 e. The first kappa shape index (κ1) is 20.5. The van der Waals surface area contributed by atoms with E-state index in [1.807, 2.05) is 30.3 Å². The summed E-state index contributed by atoms with van der Waals surface area (Å²) in [5.41, 5.74) is 0. The van der Waals surface area contributed by atoms with Crippen molar-refractivity contribution < 1.29 is 14.3 Å². The topological polar surface area (TPSA) is 46.6 Å². The third kappa shape index (κ3) is 5.18. The predicted molar refractivity (Wildman–Crippen MR) is 113 cm³/mol. The van der Waals surface area contributed by atoms with Crippen LogP contribution in [0.25, 0.3) is 10.8 Å². The third-order valence-corrected chi connectivity index (χ3v) is 6.77. The first-order valence-corrected chi connectivity index (χ1v) is 11.0. The summed E-state index contributed by atoms with van der Waals surface area (Å²) in [7, 11) is 0. The second-order valence-electron chi connectivity index (χ2n) is 6.72. The number of carbonyl (C=O) groups is 2. The van der Waals surface area contributed by atoms with Gasteiger partial charge in [0.15, 0.2) is 6.61 Å². The van der Waals surface area contributed by atoms with Crippen molar-refractivity contribution in [2.75, 3.05) is 25.4 Å². The van der Waals surface area contributed by atoms with Gasteiger partial charge in [-0.2, -0.15) is 0 Å². The molecule has 0 saturated carbocycles. The molecule has 0 unspecified atom stereocenters. The summed E-state index contributed by atoms with van der Waals surface area (Å²) < 4.78 is 6.13.